The molecule has 0 fully saturated rings. The van der Waals surface area contributed by atoms with Crippen molar-refractivity contribution in [3.63, 3.8) is 0 Å². The Morgan fingerprint density at radius 3 is 2.33 bits per heavy atom. The summed E-state index contributed by atoms with van der Waals surface area (Å²) in [5.41, 5.74) is 2.70. The zero-order valence-corrected chi connectivity index (χ0v) is 13.5. The van der Waals surface area contributed by atoms with Gasteiger partial charge in [-0.15, -0.1) is 0 Å². The molecule has 1 aromatic heterocycles. The fraction of sp³-hybridized carbons (Fsp3) is 0.353. The average Bonchev–Trinajstić information content (AvgIpc) is 2.66. The van der Waals surface area contributed by atoms with E-state index in [0.717, 1.165) is 28.3 Å². The van der Waals surface area contributed by atoms with Gasteiger partial charge in [0, 0.05) is 16.6 Å². The number of furan rings is 1. The topological polar surface area (TPSA) is 42.2 Å². The summed E-state index contributed by atoms with van der Waals surface area (Å²) in [6.07, 6.45) is 0.762. The molecule has 0 bridgehead atoms. The van der Waals surface area contributed by atoms with E-state index in [9.17, 15) is 4.79 Å². The molecule has 21 heavy (non-hydrogen) atoms. The molecular weight excluding hydrogens is 286 g/mol. The summed E-state index contributed by atoms with van der Waals surface area (Å²) in [6.45, 7) is 7.59. The van der Waals surface area contributed by atoms with Crippen LogP contribution < -0.4 is 5.32 Å². The molecule has 0 radical (unpaired) electrons. The van der Waals surface area contributed by atoms with Crippen molar-refractivity contribution < 1.29 is 9.21 Å². The highest BCUT2D eigenvalue weighted by molar-refractivity contribution is 6.30. The van der Waals surface area contributed by atoms with E-state index in [2.05, 4.69) is 5.32 Å². The van der Waals surface area contributed by atoms with Crippen LogP contribution in [0.1, 0.15) is 39.9 Å². The maximum Gasteiger partial charge on any atom is 0.255 e. The highest BCUT2D eigenvalue weighted by atomic mass is 35.5. The maximum atomic E-state index is 12.4. The Bertz CT molecular complexity index is 644. The van der Waals surface area contributed by atoms with Crippen molar-refractivity contribution >= 4 is 17.5 Å². The van der Waals surface area contributed by atoms with Crippen molar-refractivity contribution in [1.29, 1.82) is 0 Å². The Kier molecular flexibility index (Phi) is 4.73. The summed E-state index contributed by atoms with van der Waals surface area (Å²) in [4.78, 5) is 12.4. The Morgan fingerprint density at radius 1 is 1.19 bits per heavy atom. The second-order valence-corrected chi connectivity index (χ2v) is 5.86. The van der Waals surface area contributed by atoms with Gasteiger partial charge in [0.1, 0.15) is 11.5 Å². The van der Waals surface area contributed by atoms with Crippen molar-refractivity contribution in [2.45, 2.75) is 40.2 Å². The van der Waals surface area contributed by atoms with Gasteiger partial charge in [-0.05, 0) is 51.8 Å². The number of aryl methyl sites for hydroxylation is 2. The molecule has 3 nitrogen and oxygen atoms in total. The second kappa shape index (κ2) is 6.35. The monoisotopic (exact) mass is 305 g/mol. The molecule has 0 saturated heterocycles. The molecule has 1 aromatic carbocycles. The lowest BCUT2D eigenvalue weighted by Crippen LogP contribution is -2.34. The smallest absolute Gasteiger partial charge is 0.255 e. The van der Waals surface area contributed by atoms with Crippen LogP contribution in [0.25, 0.3) is 0 Å². The SMILES string of the molecule is Cc1oc(C)c(C(=O)N[C@H](C)Cc2ccc(Cl)cc2)c1C. The highest BCUT2D eigenvalue weighted by Crippen LogP contribution is 2.20. The fourth-order valence-electron chi connectivity index (χ4n) is 2.45. The molecular formula is C17H20ClNO2. The molecule has 0 aliphatic heterocycles. The third-order valence-corrected chi connectivity index (χ3v) is 3.87. The van der Waals surface area contributed by atoms with Gasteiger partial charge in [0.15, 0.2) is 0 Å². The number of carbonyl (C=O) groups excluding carboxylic acids is 1. The number of benzene rings is 1. The molecule has 1 N–H and O–H groups in total. The molecule has 0 spiro atoms. The van der Waals surface area contributed by atoms with Crippen molar-refractivity contribution in [2.75, 3.05) is 0 Å². The van der Waals surface area contributed by atoms with E-state index in [4.69, 9.17) is 16.0 Å². The predicted molar refractivity (Wildman–Crippen MR) is 85.0 cm³/mol. The summed E-state index contributed by atoms with van der Waals surface area (Å²) in [5.74, 6) is 1.38. The predicted octanol–water partition coefficient (Wildman–Crippen LogP) is 4.22. The number of amides is 1. The van der Waals surface area contributed by atoms with Crippen molar-refractivity contribution in [1.82, 2.24) is 5.32 Å². The van der Waals surface area contributed by atoms with E-state index in [1.54, 1.807) is 0 Å². The van der Waals surface area contributed by atoms with Crippen LogP contribution in [0.3, 0.4) is 0 Å². The first-order chi connectivity index (χ1) is 9.88. The molecule has 1 heterocycles. The zero-order chi connectivity index (χ0) is 15.6. The first-order valence-corrected chi connectivity index (χ1v) is 7.38. The van der Waals surface area contributed by atoms with Crippen molar-refractivity contribution in [2.24, 2.45) is 0 Å². The van der Waals surface area contributed by atoms with Gasteiger partial charge in [0.05, 0.1) is 5.56 Å². The summed E-state index contributed by atoms with van der Waals surface area (Å²) in [5, 5.41) is 3.74. The molecule has 1 amide bonds. The van der Waals surface area contributed by atoms with Crippen LogP contribution in [-0.2, 0) is 6.42 Å². The van der Waals surface area contributed by atoms with E-state index >= 15 is 0 Å². The van der Waals surface area contributed by atoms with Gasteiger partial charge in [-0.1, -0.05) is 23.7 Å². The van der Waals surface area contributed by atoms with Crippen LogP contribution in [0, 0.1) is 20.8 Å². The quantitative estimate of drug-likeness (QED) is 0.919. The Hall–Kier alpha value is -1.74. The molecule has 2 rings (SSSR count). The van der Waals surface area contributed by atoms with E-state index in [1.807, 2.05) is 52.0 Å². The molecule has 0 aliphatic carbocycles. The minimum Gasteiger partial charge on any atom is -0.466 e. The van der Waals surface area contributed by atoms with Gasteiger partial charge in [0.2, 0.25) is 0 Å². The number of carbonyl (C=O) groups is 1. The van der Waals surface area contributed by atoms with Crippen LogP contribution in [0.5, 0.6) is 0 Å². The highest BCUT2D eigenvalue weighted by Gasteiger charge is 2.19. The fourth-order valence-corrected chi connectivity index (χ4v) is 2.57. The Balaban J connectivity index is 2.03. The average molecular weight is 306 g/mol. The third kappa shape index (κ3) is 3.67. The van der Waals surface area contributed by atoms with E-state index in [0.29, 0.717) is 11.3 Å². The minimum atomic E-state index is -0.0803. The number of halogens is 1. The summed E-state index contributed by atoms with van der Waals surface area (Å²) < 4.78 is 5.50. The van der Waals surface area contributed by atoms with E-state index in [-0.39, 0.29) is 11.9 Å². The van der Waals surface area contributed by atoms with Crippen LogP contribution in [0.2, 0.25) is 5.02 Å². The number of hydrogen-bond acceptors (Lipinski definition) is 2. The van der Waals surface area contributed by atoms with Crippen molar-refractivity contribution in [3.05, 3.63) is 57.5 Å². The Labute approximate surface area is 130 Å². The van der Waals surface area contributed by atoms with Gasteiger partial charge >= 0.3 is 0 Å². The van der Waals surface area contributed by atoms with Gasteiger partial charge < -0.3 is 9.73 Å². The molecule has 1 atom stereocenters. The third-order valence-electron chi connectivity index (χ3n) is 3.62. The largest absolute Gasteiger partial charge is 0.466 e. The minimum absolute atomic E-state index is 0.0349. The Morgan fingerprint density at radius 2 is 1.81 bits per heavy atom. The van der Waals surface area contributed by atoms with Gasteiger partial charge in [-0.3, -0.25) is 4.79 Å². The summed E-state index contributed by atoms with van der Waals surface area (Å²) >= 11 is 5.87. The first-order valence-electron chi connectivity index (χ1n) is 7.00. The standard InChI is InChI=1S/C17H20ClNO2/c1-10(9-14-5-7-15(18)8-6-14)19-17(20)16-11(2)12(3)21-13(16)4/h5-8,10H,9H2,1-4H3,(H,19,20)/t10-/m1/s1. The molecule has 0 aliphatic rings. The number of nitrogens with one attached hydrogen (secondary N) is 1. The van der Waals surface area contributed by atoms with Crippen LogP contribution >= 0.6 is 11.6 Å². The molecule has 0 unspecified atom stereocenters. The van der Waals surface area contributed by atoms with E-state index < -0.39 is 0 Å². The zero-order valence-electron chi connectivity index (χ0n) is 12.8. The van der Waals surface area contributed by atoms with Crippen molar-refractivity contribution in [3.8, 4) is 0 Å². The van der Waals surface area contributed by atoms with Gasteiger partial charge in [-0.2, -0.15) is 0 Å². The molecule has 112 valence electrons. The molecule has 0 saturated carbocycles. The van der Waals surface area contributed by atoms with Gasteiger partial charge in [0.25, 0.3) is 5.91 Å². The van der Waals surface area contributed by atoms with Crippen LogP contribution in [0.15, 0.2) is 28.7 Å². The summed E-state index contributed by atoms with van der Waals surface area (Å²) in [6, 6.07) is 7.71. The molecule has 2 aromatic rings. The second-order valence-electron chi connectivity index (χ2n) is 5.42. The summed E-state index contributed by atoms with van der Waals surface area (Å²) in [7, 11) is 0. The van der Waals surface area contributed by atoms with Crippen LogP contribution in [0.4, 0.5) is 0 Å². The van der Waals surface area contributed by atoms with E-state index in [1.165, 1.54) is 0 Å². The lowest BCUT2D eigenvalue weighted by Gasteiger charge is -2.14. The molecule has 4 heteroatoms. The number of hydrogen-bond donors (Lipinski definition) is 1. The first kappa shape index (κ1) is 15.6. The normalized spacial score (nSPS) is 12.2. The number of rotatable bonds is 4. The lowest BCUT2D eigenvalue weighted by molar-refractivity contribution is 0.0938. The van der Waals surface area contributed by atoms with Crippen LogP contribution in [-0.4, -0.2) is 11.9 Å². The van der Waals surface area contributed by atoms with Gasteiger partial charge in [-0.25, -0.2) is 0 Å². The lowest BCUT2D eigenvalue weighted by atomic mass is 10.1. The maximum absolute atomic E-state index is 12.4.